The number of rotatable bonds is 4. The molecule has 23 heavy (non-hydrogen) atoms. The summed E-state index contributed by atoms with van der Waals surface area (Å²) in [5.74, 6) is 1.00. The number of aryl methyl sites for hydroxylation is 1. The molecular weight excluding hydrogens is 290 g/mol. The van der Waals surface area contributed by atoms with Gasteiger partial charge in [0.1, 0.15) is 0 Å². The molecule has 128 valence electrons. The Bertz CT molecular complexity index is 496. The van der Waals surface area contributed by atoms with Crippen molar-refractivity contribution < 1.29 is 4.74 Å². The first-order valence-electron chi connectivity index (χ1n) is 8.62. The van der Waals surface area contributed by atoms with Crippen molar-refractivity contribution in [2.24, 2.45) is 0 Å². The fourth-order valence-corrected chi connectivity index (χ4v) is 3.61. The van der Waals surface area contributed by atoms with Gasteiger partial charge in [-0.15, -0.1) is 5.10 Å². The van der Waals surface area contributed by atoms with Gasteiger partial charge in [0.05, 0.1) is 18.9 Å². The largest absolute Gasteiger partial charge is 0.378 e. The predicted octanol–water partition coefficient (Wildman–Crippen LogP) is 1.02. The maximum atomic E-state index is 5.85. The molecule has 3 rings (SSSR count). The topological polar surface area (TPSA) is 44.7 Å². The summed E-state index contributed by atoms with van der Waals surface area (Å²) in [7, 11) is 4.29. The van der Waals surface area contributed by atoms with Crippen LogP contribution in [0.1, 0.15) is 18.5 Å². The van der Waals surface area contributed by atoms with Gasteiger partial charge >= 0.3 is 0 Å². The number of anilines is 1. The van der Waals surface area contributed by atoms with Gasteiger partial charge in [-0.1, -0.05) is 0 Å². The second kappa shape index (κ2) is 7.11. The molecule has 1 aromatic rings. The van der Waals surface area contributed by atoms with Crippen LogP contribution < -0.4 is 4.90 Å². The fourth-order valence-electron chi connectivity index (χ4n) is 3.61. The second-order valence-electron chi connectivity index (χ2n) is 7.09. The van der Waals surface area contributed by atoms with Crippen LogP contribution in [-0.2, 0) is 4.74 Å². The molecule has 0 radical (unpaired) electrons. The zero-order chi connectivity index (χ0) is 16.3. The highest BCUT2D eigenvalue weighted by Crippen LogP contribution is 2.32. The van der Waals surface area contributed by atoms with E-state index in [1.165, 1.54) is 0 Å². The summed E-state index contributed by atoms with van der Waals surface area (Å²) in [6.07, 6.45) is 2.27. The van der Waals surface area contributed by atoms with E-state index in [9.17, 15) is 0 Å². The van der Waals surface area contributed by atoms with Crippen molar-refractivity contribution in [2.45, 2.75) is 25.3 Å². The summed E-state index contributed by atoms with van der Waals surface area (Å²) < 4.78 is 5.85. The number of likely N-dealkylation sites (N-methyl/N-ethyl adjacent to an activating group) is 1. The van der Waals surface area contributed by atoms with Gasteiger partial charge in [-0.2, -0.15) is 5.10 Å². The average molecular weight is 319 g/mol. The summed E-state index contributed by atoms with van der Waals surface area (Å²) in [6.45, 7) is 9.05. The molecule has 0 aromatic carbocycles. The van der Waals surface area contributed by atoms with Crippen molar-refractivity contribution in [3.05, 3.63) is 17.8 Å². The molecule has 0 amide bonds. The summed E-state index contributed by atoms with van der Waals surface area (Å²) in [6, 6.07) is 4.13. The zero-order valence-electron chi connectivity index (χ0n) is 14.7. The molecule has 2 saturated heterocycles. The quantitative estimate of drug-likeness (QED) is 0.826. The first-order valence-corrected chi connectivity index (χ1v) is 8.62. The van der Waals surface area contributed by atoms with Gasteiger partial charge in [0, 0.05) is 38.3 Å². The number of morpholine rings is 1. The van der Waals surface area contributed by atoms with Crippen molar-refractivity contribution in [1.82, 2.24) is 20.0 Å². The minimum absolute atomic E-state index is 0.211. The number of hydrogen-bond acceptors (Lipinski definition) is 6. The van der Waals surface area contributed by atoms with Gasteiger partial charge in [-0.3, -0.25) is 4.90 Å². The molecule has 0 saturated carbocycles. The van der Waals surface area contributed by atoms with Gasteiger partial charge in [0.15, 0.2) is 5.82 Å². The Kier molecular flexibility index (Phi) is 5.14. The van der Waals surface area contributed by atoms with E-state index in [1.807, 2.05) is 13.0 Å². The monoisotopic (exact) mass is 319 g/mol. The standard InChI is InChI=1S/C17H29N5O/c1-15-4-5-16(19-18-15)21-8-6-17(7-9-21)14-23-13-12-22(17)11-10-20(2)3/h4-5H,6-14H2,1-3H3. The Hall–Kier alpha value is -1.24. The Morgan fingerprint density at radius 1 is 1.17 bits per heavy atom. The van der Waals surface area contributed by atoms with Gasteiger partial charge < -0.3 is 14.5 Å². The highest BCUT2D eigenvalue weighted by atomic mass is 16.5. The molecule has 6 nitrogen and oxygen atoms in total. The molecule has 0 bridgehead atoms. The van der Waals surface area contributed by atoms with Crippen molar-refractivity contribution >= 4 is 5.82 Å². The van der Waals surface area contributed by atoms with Crippen LogP contribution in [0.2, 0.25) is 0 Å². The van der Waals surface area contributed by atoms with E-state index in [-0.39, 0.29) is 5.54 Å². The number of piperidine rings is 1. The van der Waals surface area contributed by atoms with Gasteiger partial charge in [0.25, 0.3) is 0 Å². The van der Waals surface area contributed by atoms with E-state index >= 15 is 0 Å². The van der Waals surface area contributed by atoms with Crippen molar-refractivity contribution in [3.63, 3.8) is 0 Å². The minimum atomic E-state index is 0.211. The van der Waals surface area contributed by atoms with Crippen molar-refractivity contribution in [2.75, 3.05) is 64.9 Å². The van der Waals surface area contributed by atoms with Crippen LogP contribution in [0.15, 0.2) is 12.1 Å². The third kappa shape index (κ3) is 3.82. The molecule has 1 aromatic heterocycles. The minimum Gasteiger partial charge on any atom is -0.378 e. The third-order valence-electron chi connectivity index (χ3n) is 5.17. The smallest absolute Gasteiger partial charge is 0.151 e. The Labute approximate surface area is 139 Å². The van der Waals surface area contributed by atoms with Gasteiger partial charge in [0.2, 0.25) is 0 Å². The highest BCUT2D eigenvalue weighted by molar-refractivity contribution is 5.38. The van der Waals surface area contributed by atoms with Crippen LogP contribution in [0.4, 0.5) is 5.82 Å². The van der Waals surface area contributed by atoms with E-state index in [4.69, 9.17) is 4.74 Å². The molecule has 1 spiro atoms. The maximum Gasteiger partial charge on any atom is 0.151 e. The summed E-state index contributed by atoms with van der Waals surface area (Å²) in [4.78, 5) is 7.28. The molecular formula is C17H29N5O. The highest BCUT2D eigenvalue weighted by Gasteiger charge is 2.42. The average Bonchev–Trinajstić information content (AvgIpc) is 2.56. The Balaban J connectivity index is 1.63. The van der Waals surface area contributed by atoms with E-state index in [2.05, 4.69) is 45.1 Å². The molecule has 0 atom stereocenters. The molecule has 2 aliphatic heterocycles. The van der Waals surface area contributed by atoms with Crippen LogP contribution in [0, 0.1) is 6.92 Å². The second-order valence-corrected chi connectivity index (χ2v) is 7.09. The SMILES string of the molecule is Cc1ccc(N2CCC3(CC2)COCCN3CCN(C)C)nn1. The van der Waals surface area contributed by atoms with Gasteiger partial charge in [-0.05, 0) is 46.0 Å². The normalized spacial score (nSPS) is 22.0. The number of ether oxygens (including phenoxy) is 1. The lowest BCUT2D eigenvalue weighted by atomic mass is 9.85. The first-order chi connectivity index (χ1) is 11.1. The van der Waals surface area contributed by atoms with Crippen LogP contribution in [-0.4, -0.2) is 85.6 Å². The summed E-state index contributed by atoms with van der Waals surface area (Å²) >= 11 is 0. The van der Waals surface area contributed by atoms with E-state index in [1.54, 1.807) is 0 Å². The van der Waals surface area contributed by atoms with E-state index < -0.39 is 0 Å². The molecule has 0 aliphatic carbocycles. The molecule has 3 heterocycles. The van der Waals surface area contributed by atoms with Crippen LogP contribution >= 0.6 is 0 Å². The van der Waals surface area contributed by atoms with E-state index in [0.717, 1.165) is 70.3 Å². The summed E-state index contributed by atoms with van der Waals surface area (Å²) in [5.41, 5.74) is 1.18. The molecule has 0 N–H and O–H groups in total. The lowest BCUT2D eigenvalue weighted by Gasteiger charge is -2.51. The van der Waals surface area contributed by atoms with Crippen LogP contribution in [0.3, 0.4) is 0 Å². The Morgan fingerprint density at radius 2 is 1.96 bits per heavy atom. The number of aromatic nitrogens is 2. The number of nitrogens with zero attached hydrogens (tertiary/aromatic N) is 5. The first kappa shape index (κ1) is 16.6. The number of hydrogen-bond donors (Lipinski definition) is 0. The van der Waals surface area contributed by atoms with Crippen molar-refractivity contribution in [1.29, 1.82) is 0 Å². The fraction of sp³-hybridized carbons (Fsp3) is 0.765. The molecule has 0 unspecified atom stereocenters. The summed E-state index contributed by atoms with van der Waals surface area (Å²) in [5, 5.41) is 8.53. The Morgan fingerprint density at radius 3 is 2.61 bits per heavy atom. The molecule has 2 fully saturated rings. The zero-order valence-corrected chi connectivity index (χ0v) is 14.7. The lowest BCUT2D eigenvalue weighted by molar-refractivity contribution is -0.0811. The third-order valence-corrected chi connectivity index (χ3v) is 5.17. The lowest BCUT2D eigenvalue weighted by Crippen LogP contribution is -2.62. The van der Waals surface area contributed by atoms with Crippen LogP contribution in [0.25, 0.3) is 0 Å². The molecule has 2 aliphatic rings. The van der Waals surface area contributed by atoms with Gasteiger partial charge in [-0.25, -0.2) is 0 Å². The van der Waals surface area contributed by atoms with E-state index in [0.29, 0.717) is 0 Å². The van der Waals surface area contributed by atoms with Crippen LogP contribution in [0.5, 0.6) is 0 Å². The maximum absolute atomic E-state index is 5.85. The van der Waals surface area contributed by atoms with Crippen molar-refractivity contribution in [3.8, 4) is 0 Å². The predicted molar refractivity (Wildman–Crippen MR) is 91.9 cm³/mol. The molecule has 6 heteroatoms.